The number of nitrogens with zero attached hydrogens (tertiary/aromatic N) is 3. The highest BCUT2D eigenvalue weighted by Crippen LogP contribution is 2.36. The smallest absolute Gasteiger partial charge is 0.303 e. The summed E-state index contributed by atoms with van der Waals surface area (Å²) in [6.45, 7) is 3.42. The van der Waals surface area contributed by atoms with E-state index in [1.165, 1.54) is 49.7 Å². The summed E-state index contributed by atoms with van der Waals surface area (Å²) in [6.07, 6.45) is -1.45. The summed E-state index contributed by atoms with van der Waals surface area (Å²) in [6, 6.07) is 4.73. The molecule has 10 nitrogen and oxygen atoms in total. The largest absolute Gasteiger partial charge is 0.463 e. The fourth-order valence-electron chi connectivity index (χ4n) is 3.38. The molecule has 1 aliphatic rings. The lowest BCUT2D eigenvalue weighted by Gasteiger charge is -2.43. The number of halogens is 1. The molecule has 0 bridgehead atoms. The second-order valence-electron chi connectivity index (χ2n) is 7.10. The molecule has 0 amide bonds. The Morgan fingerprint density at radius 1 is 1.06 bits per heavy atom. The lowest BCUT2D eigenvalue weighted by atomic mass is 9.96. The summed E-state index contributed by atoms with van der Waals surface area (Å²) in [4.78, 5) is 34.9. The lowest BCUT2D eigenvalue weighted by molar-refractivity contribution is -0.211. The minimum absolute atomic E-state index is 0.229. The fraction of sp³-hybridized carbons (Fsp3) is 0.450. The van der Waals surface area contributed by atoms with Crippen LogP contribution in [0, 0.1) is 5.82 Å². The van der Waals surface area contributed by atoms with E-state index in [0.717, 1.165) is 0 Å². The van der Waals surface area contributed by atoms with Gasteiger partial charge in [-0.2, -0.15) is 0 Å². The van der Waals surface area contributed by atoms with E-state index in [9.17, 15) is 18.8 Å². The molecule has 3 rings (SSSR count). The van der Waals surface area contributed by atoms with Gasteiger partial charge < -0.3 is 18.9 Å². The molecule has 172 valence electrons. The van der Waals surface area contributed by atoms with E-state index in [4.69, 9.17) is 18.9 Å². The van der Waals surface area contributed by atoms with E-state index >= 15 is 0 Å². The van der Waals surface area contributed by atoms with E-state index in [0.29, 0.717) is 11.3 Å². The molecule has 5 atom stereocenters. The first-order valence-electron chi connectivity index (χ1n) is 9.65. The summed E-state index contributed by atoms with van der Waals surface area (Å²) in [5.74, 6) is -2.19. The summed E-state index contributed by atoms with van der Waals surface area (Å²) < 4.78 is 36.3. The number of carbonyl (C=O) groups is 3. The number of ether oxygens (including phenoxy) is 4. The van der Waals surface area contributed by atoms with Crippen LogP contribution in [0.4, 0.5) is 4.39 Å². The molecule has 1 aromatic heterocycles. The standard InChI is InChI=1S/C20H22FN3O7S/c1-10(25)28-9-16-18(29-11(2)26)17(19(20(32)31-16)30-12(3)27)24-8-15(22-23-24)13-4-6-14(21)7-5-13/h4-8,16-20,32H,9H2,1-3H3/t16-,17-,18+,19-,20+/m1/s1. The van der Waals surface area contributed by atoms with Crippen LogP contribution in [0.5, 0.6) is 0 Å². The van der Waals surface area contributed by atoms with Gasteiger partial charge in [-0.25, -0.2) is 9.07 Å². The monoisotopic (exact) mass is 467 g/mol. The molecule has 1 saturated heterocycles. The van der Waals surface area contributed by atoms with Crippen LogP contribution in [0.1, 0.15) is 26.8 Å². The average molecular weight is 467 g/mol. The minimum Gasteiger partial charge on any atom is -0.463 e. The molecule has 0 N–H and O–H groups in total. The van der Waals surface area contributed by atoms with Crippen molar-refractivity contribution in [1.29, 1.82) is 0 Å². The zero-order chi connectivity index (χ0) is 23.4. The number of carbonyl (C=O) groups excluding carboxylic acids is 3. The Morgan fingerprint density at radius 2 is 1.69 bits per heavy atom. The number of esters is 3. The molecular weight excluding hydrogens is 445 g/mol. The van der Waals surface area contributed by atoms with Crippen LogP contribution < -0.4 is 0 Å². The molecule has 2 heterocycles. The van der Waals surface area contributed by atoms with Gasteiger partial charge in [0.1, 0.15) is 35.7 Å². The van der Waals surface area contributed by atoms with Gasteiger partial charge in [0.25, 0.3) is 0 Å². The second kappa shape index (κ2) is 10.1. The zero-order valence-corrected chi connectivity index (χ0v) is 18.4. The van der Waals surface area contributed by atoms with Crippen molar-refractivity contribution in [3.05, 3.63) is 36.3 Å². The molecule has 0 unspecified atom stereocenters. The minimum atomic E-state index is -1.05. The van der Waals surface area contributed by atoms with Crippen molar-refractivity contribution in [3.8, 4) is 11.3 Å². The normalized spacial score (nSPS) is 25.1. The molecule has 1 aliphatic heterocycles. The highest BCUT2D eigenvalue weighted by Gasteiger charge is 2.50. The topological polar surface area (TPSA) is 119 Å². The maximum atomic E-state index is 13.3. The van der Waals surface area contributed by atoms with Gasteiger partial charge in [0.05, 0.1) is 6.20 Å². The van der Waals surface area contributed by atoms with E-state index in [1.807, 2.05) is 0 Å². The van der Waals surface area contributed by atoms with Gasteiger partial charge in [-0.3, -0.25) is 14.4 Å². The van der Waals surface area contributed by atoms with Gasteiger partial charge in [-0.1, -0.05) is 5.21 Å². The van der Waals surface area contributed by atoms with Gasteiger partial charge in [0.2, 0.25) is 0 Å². The van der Waals surface area contributed by atoms with Crippen LogP contribution in [0.25, 0.3) is 11.3 Å². The predicted octanol–water partition coefficient (Wildman–Crippen LogP) is 1.71. The Balaban J connectivity index is 2.01. The van der Waals surface area contributed by atoms with Gasteiger partial charge in [-0.05, 0) is 24.3 Å². The Hall–Kier alpha value is -2.99. The Kier molecular flexibility index (Phi) is 7.46. The lowest BCUT2D eigenvalue weighted by Crippen LogP contribution is -2.57. The van der Waals surface area contributed by atoms with E-state index in [2.05, 4.69) is 22.9 Å². The molecule has 0 aliphatic carbocycles. The van der Waals surface area contributed by atoms with Crippen LogP contribution in [0.15, 0.2) is 30.5 Å². The summed E-state index contributed by atoms with van der Waals surface area (Å²) >= 11 is 4.38. The first-order chi connectivity index (χ1) is 15.2. The third-order valence-corrected chi connectivity index (χ3v) is 5.06. The predicted molar refractivity (Wildman–Crippen MR) is 110 cm³/mol. The van der Waals surface area contributed by atoms with Crippen molar-refractivity contribution in [1.82, 2.24) is 15.0 Å². The Morgan fingerprint density at radius 3 is 2.28 bits per heavy atom. The molecule has 12 heteroatoms. The highest BCUT2D eigenvalue weighted by atomic mass is 32.1. The number of thiol groups is 1. The SMILES string of the molecule is CC(=O)OC[C@H]1O[C@@H](S)[C@H](OC(C)=O)[C@H](n2cc(-c3ccc(F)cc3)nn2)[C@H]1OC(C)=O. The molecule has 0 saturated carbocycles. The summed E-state index contributed by atoms with van der Waals surface area (Å²) in [5.41, 5.74) is 0.0540. The van der Waals surface area contributed by atoms with E-state index < -0.39 is 53.5 Å². The first-order valence-corrected chi connectivity index (χ1v) is 10.2. The second-order valence-corrected chi connectivity index (χ2v) is 7.61. The third-order valence-electron chi connectivity index (χ3n) is 4.65. The van der Waals surface area contributed by atoms with Gasteiger partial charge in [-0.15, -0.1) is 17.7 Å². The molecule has 32 heavy (non-hydrogen) atoms. The fourth-order valence-corrected chi connectivity index (χ4v) is 3.77. The van der Waals surface area contributed by atoms with Crippen molar-refractivity contribution in [2.75, 3.05) is 6.61 Å². The van der Waals surface area contributed by atoms with Crippen molar-refractivity contribution >= 4 is 30.5 Å². The van der Waals surface area contributed by atoms with Gasteiger partial charge >= 0.3 is 17.9 Å². The van der Waals surface area contributed by atoms with Crippen LogP contribution in [-0.4, -0.2) is 63.3 Å². The molecule has 1 fully saturated rings. The maximum absolute atomic E-state index is 13.3. The van der Waals surface area contributed by atoms with E-state index in [-0.39, 0.29) is 6.61 Å². The van der Waals surface area contributed by atoms with Crippen molar-refractivity contribution in [2.24, 2.45) is 0 Å². The number of benzene rings is 1. The number of aromatic nitrogens is 3. The summed E-state index contributed by atoms with van der Waals surface area (Å²) in [5, 5.41) is 8.21. The molecule has 0 spiro atoms. The Bertz CT molecular complexity index is 984. The molecule has 1 aromatic carbocycles. The van der Waals surface area contributed by atoms with Gasteiger partial charge in [0.15, 0.2) is 12.2 Å². The zero-order valence-electron chi connectivity index (χ0n) is 17.5. The van der Waals surface area contributed by atoms with Crippen LogP contribution in [-0.2, 0) is 33.3 Å². The molecule has 2 aromatic rings. The quantitative estimate of drug-likeness (QED) is 0.385. The number of hydrogen-bond donors (Lipinski definition) is 1. The van der Waals surface area contributed by atoms with Crippen molar-refractivity contribution < 1.29 is 37.7 Å². The first kappa shape index (κ1) is 23.7. The van der Waals surface area contributed by atoms with Crippen molar-refractivity contribution in [3.63, 3.8) is 0 Å². The Labute approximate surface area is 188 Å². The molecular formula is C20H22FN3O7S. The number of hydrogen-bond acceptors (Lipinski definition) is 10. The van der Waals surface area contributed by atoms with Crippen LogP contribution in [0.2, 0.25) is 0 Å². The molecule has 0 radical (unpaired) electrons. The number of rotatable bonds is 6. The summed E-state index contributed by atoms with van der Waals surface area (Å²) in [7, 11) is 0. The third kappa shape index (κ3) is 5.62. The van der Waals surface area contributed by atoms with Crippen LogP contribution >= 0.6 is 12.6 Å². The van der Waals surface area contributed by atoms with Crippen molar-refractivity contribution in [2.45, 2.75) is 50.6 Å². The maximum Gasteiger partial charge on any atom is 0.303 e. The highest BCUT2D eigenvalue weighted by molar-refractivity contribution is 7.80. The van der Waals surface area contributed by atoms with Crippen LogP contribution in [0.3, 0.4) is 0 Å². The average Bonchev–Trinajstić information content (AvgIpc) is 3.18. The van der Waals surface area contributed by atoms with E-state index in [1.54, 1.807) is 6.20 Å². The van der Waals surface area contributed by atoms with Gasteiger partial charge in [0, 0.05) is 26.3 Å².